The van der Waals surface area contributed by atoms with Crippen molar-refractivity contribution in [3.05, 3.63) is 72.0 Å². The van der Waals surface area contributed by atoms with Crippen molar-refractivity contribution >= 4 is 17.4 Å². The Bertz CT molecular complexity index is 917. The molecule has 1 aliphatic heterocycles. The quantitative estimate of drug-likeness (QED) is 0.295. The molecule has 3 rings (SSSR count). The summed E-state index contributed by atoms with van der Waals surface area (Å²) in [6.07, 6.45) is 5.81. The molecule has 1 aliphatic rings. The van der Waals surface area contributed by atoms with E-state index in [1.54, 1.807) is 30.5 Å². The van der Waals surface area contributed by atoms with Crippen molar-refractivity contribution in [1.82, 2.24) is 15.6 Å². The average Bonchev–Trinajstić information content (AvgIpc) is 3.35. The number of aromatic nitrogens is 1. The fraction of sp³-hybridized carbons (Fsp3) is 0.385. The van der Waals surface area contributed by atoms with Gasteiger partial charge in [0.05, 0.1) is 19.0 Å². The number of anilines is 1. The van der Waals surface area contributed by atoms with Gasteiger partial charge in [-0.25, -0.2) is 4.39 Å². The molecule has 0 atom stereocenters. The van der Waals surface area contributed by atoms with Gasteiger partial charge in [0, 0.05) is 18.3 Å². The van der Waals surface area contributed by atoms with Gasteiger partial charge < -0.3 is 25.8 Å². The Kier molecular flexibility index (Phi) is 16.1. The minimum atomic E-state index is -0.364. The lowest BCUT2D eigenvalue weighted by atomic mass is 10.1. The summed E-state index contributed by atoms with van der Waals surface area (Å²) in [5.41, 5.74) is 8.22. The van der Waals surface area contributed by atoms with Gasteiger partial charge in [0.2, 0.25) is 0 Å². The van der Waals surface area contributed by atoms with E-state index < -0.39 is 0 Å². The molecular weight excluding hydrogens is 435 g/mol. The second kappa shape index (κ2) is 17.9. The van der Waals surface area contributed by atoms with E-state index in [1.807, 2.05) is 34.6 Å². The Morgan fingerprint density at radius 3 is 2.56 bits per heavy atom. The molecule has 7 nitrogen and oxygen atoms in total. The van der Waals surface area contributed by atoms with E-state index in [0.29, 0.717) is 47.8 Å². The molecule has 4 N–H and O–H groups in total. The number of benzene rings is 1. The largest absolute Gasteiger partial charge is 0.495 e. The number of nitrogen functional groups attached to an aromatic ring is 1. The predicted octanol–water partition coefficient (Wildman–Crippen LogP) is 5.05. The number of hydrogen-bond acceptors (Lipinski definition) is 6. The van der Waals surface area contributed by atoms with E-state index in [-0.39, 0.29) is 18.5 Å². The summed E-state index contributed by atoms with van der Waals surface area (Å²) >= 11 is 0. The molecule has 1 aromatic carbocycles. The van der Waals surface area contributed by atoms with Crippen LogP contribution in [0.4, 0.5) is 10.1 Å². The van der Waals surface area contributed by atoms with Gasteiger partial charge in [-0.05, 0) is 49.6 Å². The van der Waals surface area contributed by atoms with Gasteiger partial charge in [0.25, 0.3) is 5.91 Å². The van der Waals surface area contributed by atoms with Crippen LogP contribution in [0.25, 0.3) is 5.76 Å². The number of pyridine rings is 1. The number of allylic oxidation sites excluding steroid dienone is 1. The van der Waals surface area contributed by atoms with Crippen LogP contribution < -0.4 is 21.1 Å². The third-order valence-electron chi connectivity index (χ3n) is 4.10. The summed E-state index contributed by atoms with van der Waals surface area (Å²) in [7, 11) is 1.54. The molecule has 0 fully saturated rings. The van der Waals surface area contributed by atoms with Crippen LogP contribution in [-0.4, -0.2) is 31.3 Å². The van der Waals surface area contributed by atoms with Crippen molar-refractivity contribution in [2.24, 2.45) is 0 Å². The number of aryl methyl sites for hydroxylation is 1. The molecule has 1 amide bonds. The maximum absolute atomic E-state index is 13.1. The van der Waals surface area contributed by atoms with E-state index in [2.05, 4.69) is 22.2 Å². The fourth-order valence-corrected chi connectivity index (χ4v) is 2.79. The number of nitrogens with one attached hydrogen (secondary N) is 2. The minimum Gasteiger partial charge on any atom is -0.495 e. The topological polar surface area (TPSA) is 98.5 Å². The normalized spacial score (nSPS) is 11.1. The lowest BCUT2D eigenvalue weighted by Crippen LogP contribution is -2.31. The maximum Gasteiger partial charge on any atom is 0.271 e. The van der Waals surface area contributed by atoms with Gasteiger partial charge in [-0.15, -0.1) is 6.58 Å². The van der Waals surface area contributed by atoms with Gasteiger partial charge >= 0.3 is 0 Å². The summed E-state index contributed by atoms with van der Waals surface area (Å²) in [5.74, 6) is 0.367. The van der Waals surface area contributed by atoms with E-state index in [1.165, 1.54) is 13.2 Å². The summed E-state index contributed by atoms with van der Waals surface area (Å²) in [5, 5.41) is 5.77. The molecule has 0 saturated heterocycles. The monoisotopic (exact) mass is 474 g/mol. The van der Waals surface area contributed by atoms with Crippen LogP contribution in [0, 0.1) is 5.82 Å². The SMILES string of the molecule is C=CC.CC.CC.COc1ccc(C2=C(C(=O)NCCCc3cncc(F)c3)NCO2)cc1N. The number of ether oxygens (including phenoxy) is 2. The second-order valence-corrected chi connectivity index (χ2v) is 6.41. The molecule has 0 spiro atoms. The van der Waals surface area contributed by atoms with Gasteiger partial charge in [-0.2, -0.15) is 0 Å². The van der Waals surface area contributed by atoms with E-state index >= 15 is 0 Å². The molecule has 2 aromatic rings. The summed E-state index contributed by atoms with van der Waals surface area (Å²) < 4.78 is 23.8. The number of nitrogens with zero attached hydrogens (tertiary/aromatic N) is 1. The smallest absolute Gasteiger partial charge is 0.271 e. The first-order valence-electron chi connectivity index (χ1n) is 11.5. The molecule has 0 aliphatic carbocycles. The first kappa shape index (κ1) is 30.4. The lowest BCUT2D eigenvalue weighted by Gasteiger charge is -2.10. The number of nitrogens with two attached hydrogens (primary N) is 1. The van der Waals surface area contributed by atoms with Crippen molar-refractivity contribution in [2.45, 2.75) is 47.5 Å². The highest BCUT2D eigenvalue weighted by Gasteiger charge is 2.23. The first-order valence-corrected chi connectivity index (χ1v) is 11.5. The Morgan fingerprint density at radius 2 is 1.97 bits per heavy atom. The molecule has 0 saturated carbocycles. The van der Waals surface area contributed by atoms with Gasteiger partial charge in [0.1, 0.15) is 17.3 Å². The van der Waals surface area contributed by atoms with Crippen LogP contribution in [0.3, 0.4) is 0 Å². The van der Waals surface area contributed by atoms with E-state index in [9.17, 15) is 9.18 Å². The van der Waals surface area contributed by atoms with Crippen LogP contribution in [-0.2, 0) is 16.0 Å². The van der Waals surface area contributed by atoms with Crippen molar-refractivity contribution < 1.29 is 18.7 Å². The van der Waals surface area contributed by atoms with Gasteiger partial charge in [-0.3, -0.25) is 9.78 Å². The summed E-state index contributed by atoms with van der Waals surface area (Å²) in [6.45, 7) is 13.9. The Hall–Kier alpha value is -3.55. The van der Waals surface area contributed by atoms with Crippen molar-refractivity contribution in [1.29, 1.82) is 0 Å². The number of carbonyl (C=O) groups is 1. The van der Waals surface area contributed by atoms with E-state index in [0.717, 1.165) is 11.8 Å². The summed E-state index contributed by atoms with van der Waals surface area (Å²) in [4.78, 5) is 16.3. The number of rotatable bonds is 7. The number of amides is 1. The van der Waals surface area contributed by atoms with Crippen LogP contribution in [0.2, 0.25) is 0 Å². The first-order chi connectivity index (χ1) is 16.5. The molecular formula is C26H39FN4O3. The van der Waals surface area contributed by atoms with Crippen LogP contribution in [0.15, 0.2) is 55.0 Å². The Morgan fingerprint density at radius 1 is 1.29 bits per heavy atom. The molecule has 8 heteroatoms. The minimum absolute atomic E-state index is 0.207. The number of hydrogen-bond donors (Lipinski definition) is 3. The Labute approximate surface area is 203 Å². The zero-order valence-corrected chi connectivity index (χ0v) is 21.2. The summed E-state index contributed by atoms with van der Waals surface area (Å²) in [6, 6.07) is 6.64. The highest BCUT2D eigenvalue weighted by atomic mass is 19.1. The van der Waals surface area contributed by atoms with Crippen LogP contribution >= 0.6 is 0 Å². The van der Waals surface area contributed by atoms with Gasteiger partial charge in [0.15, 0.2) is 12.5 Å². The zero-order valence-electron chi connectivity index (χ0n) is 21.2. The highest BCUT2D eigenvalue weighted by molar-refractivity contribution is 6.00. The number of carbonyl (C=O) groups excluding carboxylic acids is 1. The molecule has 0 unspecified atom stereocenters. The average molecular weight is 475 g/mol. The zero-order chi connectivity index (χ0) is 25.9. The third-order valence-corrected chi connectivity index (χ3v) is 4.10. The third kappa shape index (κ3) is 9.94. The second-order valence-electron chi connectivity index (χ2n) is 6.41. The molecule has 0 radical (unpaired) electrons. The van der Waals surface area contributed by atoms with Crippen molar-refractivity contribution in [2.75, 3.05) is 26.1 Å². The number of halogens is 1. The van der Waals surface area contributed by atoms with Crippen molar-refractivity contribution in [3.8, 4) is 5.75 Å². The van der Waals surface area contributed by atoms with Crippen LogP contribution in [0.1, 0.15) is 52.2 Å². The van der Waals surface area contributed by atoms with Crippen LogP contribution in [0.5, 0.6) is 5.75 Å². The van der Waals surface area contributed by atoms with Crippen molar-refractivity contribution in [3.63, 3.8) is 0 Å². The standard InChI is InChI=1S/C19H21FN4O3.C3H6.2C2H6/c1-26-16-5-4-13(8-15(16)21)18-17(24-11-27-18)19(25)23-6-2-3-12-7-14(20)10-22-9-12;1-3-2;2*1-2/h4-5,7-10,24H,2-3,6,11,21H2,1H3,(H,23,25);3H,1H2,2H3;2*1-2H3. The van der Waals surface area contributed by atoms with Gasteiger partial charge in [-0.1, -0.05) is 33.8 Å². The predicted molar refractivity (Wildman–Crippen MR) is 138 cm³/mol. The Balaban J connectivity index is 0.00000141. The fourth-order valence-electron chi connectivity index (χ4n) is 2.79. The molecule has 2 heterocycles. The molecule has 1 aromatic heterocycles. The van der Waals surface area contributed by atoms with E-state index in [4.69, 9.17) is 15.2 Å². The lowest BCUT2D eigenvalue weighted by molar-refractivity contribution is -0.117. The number of methoxy groups -OCH3 is 1. The molecule has 34 heavy (non-hydrogen) atoms. The molecule has 188 valence electrons. The highest BCUT2D eigenvalue weighted by Crippen LogP contribution is 2.29. The molecule has 0 bridgehead atoms. The maximum atomic E-state index is 13.1.